The van der Waals surface area contributed by atoms with Crippen LogP contribution < -0.4 is 0 Å². The first kappa shape index (κ1) is 13.3. The summed E-state index contributed by atoms with van der Waals surface area (Å²) in [7, 11) is 0. The van der Waals surface area contributed by atoms with Crippen LogP contribution >= 0.6 is 22.9 Å². The zero-order valence-electron chi connectivity index (χ0n) is 10.2. The number of thiazole rings is 1. The van der Waals surface area contributed by atoms with E-state index >= 15 is 0 Å². The number of hydrogen-bond donors (Lipinski definition) is 0. The summed E-state index contributed by atoms with van der Waals surface area (Å²) in [5.74, 6) is -0.869. The molecular formula is C11H14ClN3O2S. The molecule has 18 heavy (non-hydrogen) atoms. The van der Waals surface area contributed by atoms with Crippen LogP contribution in [0, 0.1) is 0 Å². The molecular weight excluding hydrogens is 274 g/mol. The molecule has 7 heteroatoms. The van der Waals surface area contributed by atoms with E-state index in [9.17, 15) is 9.59 Å². The minimum Gasteiger partial charge on any atom is -0.330 e. The van der Waals surface area contributed by atoms with Crippen LogP contribution in [-0.4, -0.2) is 45.7 Å². The van der Waals surface area contributed by atoms with Gasteiger partial charge in [0.25, 0.3) is 0 Å². The van der Waals surface area contributed by atoms with Crippen molar-refractivity contribution in [3.8, 4) is 0 Å². The van der Waals surface area contributed by atoms with Gasteiger partial charge in [-0.3, -0.25) is 9.59 Å². The summed E-state index contributed by atoms with van der Waals surface area (Å²) in [6, 6.07) is 0.0569. The fourth-order valence-electron chi connectivity index (χ4n) is 1.88. The number of halogens is 1. The van der Waals surface area contributed by atoms with E-state index in [0.717, 1.165) is 4.88 Å². The maximum absolute atomic E-state index is 11.9. The highest BCUT2D eigenvalue weighted by Gasteiger charge is 2.33. The molecule has 0 unspecified atom stereocenters. The van der Waals surface area contributed by atoms with Gasteiger partial charge in [-0.1, -0.05) is 11.6 Å². The van der Waals surface area contributed by atoms with Gasteiger partial charge in [0.15, 0.2) is 4.47 Å². The Kier molecular flexibility index (Phi) is 3.87. The molecule has 1 aromatic heterocycles. The highest BCUT2D eigenvalue weighted by molar-refractivity contribution is 7.15. The van der Waals surface area contributed by atoms with Crippen LogP contribution in [0.5, 0.6) is 0 Å². The fourth-order valence-corrected chi connectivity index (χ4v) is 2.87. The summed E-state index contributed by atoms with van der Waals surface area (Å²) >= 11 is 7.06. The molecule has 0 saturated carbocycles. The lowest BCUT2D eigenvalue weighted by Gasteiger charge is -2.35. The van der Waals surface area contributed by atoms with E-state index in [1.807, 2.05) is 13.8 Å². The highest BCUT2D eigenvalue weighted by Crippen LogP contribution is 2.20. The van der Waals surface area contributed by atoms with Crippen molar-refractivity contribution < 1.29 is 9.59 Å². The summed E-state index contributed by atoms with van der Waals surface area (Å²) in [5, 5.41) is 0. The van der Waals surface area contributed by atoms with Gasteiger partial charge >= 0.3 is 11.8 Å². The Labute approximate surface area is 114 Å². The first-order chi connectivity index (χ1) is 8.49. The smallest absolute Gasteiger partial charge is 0.312 e. The van der Waals surface area contributed by atoms with Gasteiger partial charge in [-0.25, -0.2) is 4.98 Å². The molecule has 98 valence electrons. The summed E-state index contributed by atoms with van der Waals surface area (Å²) in [6.07, 6.45) is 1.64. The van der Waals surface area contributed by atoms with Gasteiger partial charge in [-0.05, 0) is 13.8 Å². The van der Waals surface area contributed by atoms with Gasteiger partial charge < -0.3 is 9.80 Å². The average molecular weight is 288 g/mol. The van der Waals surface area contributed by atoms with E-state index < -0.39 is 11.8 Å². The maximum Gasteiger partial charge on any atom is 0.312 e. The van der Waals surface area contributed by atoms with Gasteiger partial charge in [-0.15, -0.1) is 11.3 Å². The molecule has 0 N–H and O–H groups in total. The molecule has 0 aliphatic carbocycles. The molecule has 1 saturated heterocycles. The van der Waals surface area contributed by atoms with Crippen molar-refractivity contribution in [2.24, 2.45) is 0 Å². The second-order valence-corrected chi connectivity index (χ2v) is 6.10. The van der Waals surface area contributed by atoms with Crippen molar-refractivity contribution in [2.75, 3.05) is 13.1 Å². The van der Waals surface area contributed by atoms with E-state index in [-0.39, 0.29) is 6.04 Å². The number of rotatable bonds is 3. The maximum atomic E-state index is 11.9. The highest BCUT2D eigenvalue weighted by atomic mass is 35.5. The second-order valence-electron chi connectivity index (χ2n) is 4.40. The molecule has 1 fully saturated rings. The molecule has 0 radical (unpaired) electrons. The molecule has 0 aromatic carbocycles. The topological polar surface area (TPSA) is 53.5 Å². The molecule has 0 atom stereocenters. The Morgan fingerprint density at radius 1 is 1.39 bits per heavy atom. The minimum absolute atomic E-state index is 0.0569. The zero-order valence-corrected chi connectivity index (χ0v) is 11.8. The summed E-state index contributed by atoms with van der Waals surface area (Å²) in [6.45, 7) is 5.35. The van der Waals surface area contributed by atoms with Gasteiger partial charge in [0.1, 0.15) is 0 Å². The largest absolute Gasteiger partial charge is 0.330 e. The Morgan fingerprint density at radius 3 is 2.67 bits per heavy atom. The summed E-state index contributed by atoms with van der Waals surface area (Å²) in [4.78, 5) is 31.8. The van der Waals surface area contributed by atoms with Gasteiger partial charge in [0.05, 0.1) is 6.54 Å². The lowest BCUT2D eigenvalue weighted by atomic mass is 10.2. The molecule has 1 aliphatic rings. The normalized spacial score (nSPS) is 16.9. The number of piperazine rings is 1. The summed E-state index contributed by atoms with van der Waals surface area (Å²) < 4.78 is 0.449. The average Bonchev–Trinajstić information content (AvgIpc) is 2.70. The van der Waals surface area contributed by atoms with Crippen molar-refractivity contribution >= 4 is 34.8 Å². The SMILES string of the molecule is CC(C)N1CCN(Cc2cnc(Cl)s2)C(=O)C1=O. The van der Waals surface area contributed by atoms with Crippen LogP contribution in [0.4, 0.5) is 0 Å². The Morgan fingerprint density at radius 2 is 2.11 bits per heavy atom. The number of nitrogens with zero attached hydrogens (tertiary/aromatic N) is 3. The number of aromatic nitrogens is 1. The zero-order chi connectivity index (χ0) is 13.3. The Hall–Kier alpha value is -1.14. The third-order valence-corrected chi connectivity index (χ3v) is 3.94. The van der Waals surface area contributed by atoms with Crippen LogP contribution in [0.15, 0.2) is 6.20 Å². The summed E-state index contributed by atoms with van der Waals surface area (Å²) in [5.41, 5.74) is 0. The third kappa shape index (κ3) is 2.64. The molecule has 0 bridgehead atoms. The molecule has 2 rings (SSSR count). The predicted octanol–water partition coefficient (Wildman–Crippen LogP) is 1.38. The van der Waals surface area contributed by atoms with E-state index in [0.29, 0.717) is 24.1 Å². The monoisotopic (exact) mass is 287 g/mol. The molecule has 2 heterocycles. The van der Waals surface area contributed by atoms with Gasteiger partial charge in [0.2, 0.25) is 0 Å². The number of hydrogen-bond acceptors (Lipinski definition) is 4. The van der Waals surface area contributed by atoms with Gasteiger partial charge in [0, 0.05) is 30.2 Å². The van der Waals surface area contributed by atoms with Crippen molar-refractivity contribution in [2.45, 2.75) is 26.4 Å². The van der Waals surface area contributed by atoms with Crippen LogP contribution in [-0.2, 0) is 16.1 Å². The third-order valence-electron chi connectivity index (χ3n) is 2.84. The van der Waals surface area contributed by atoms with E-state index in [1.54, 1.807) is 16.0 Å². The quantitative estimate of drug-likeness (QED) is 0.789. The number of amides is 2. The Balaban J connectivity index is 2.04. The number of carbonyl (C=O) groups excluding carboxylic acids is 2. The van der Waals surface area contributed by atoms with Gasteiger partial charge in [-0.2, -0.15) is 0 Å². The van der Waals surface area contributed by atoms with Crippen molar-refractivity contribution in [1.29, 1.82) is 0 Å². The first-order valence-electron chi connectivity index (χ1n) is 5.69. The van der Waals surface area contributed by atoms with E-state index in [1.165, 1.54) is 11.3 Å². The second kappa shape index (κ2) is 5.24. The van der Waals surface area contributed by atoms with Crippen molar-refractivity contribution in [3.05, 3.63) is 15.5 Å². The van der Waals surface area contributed by atoms with E-state index in [2.05, 4.69) is 4.98 Å². The molecule has 0 spiro atoms. The number of carbonyl (C=O) groups is 2. The van der Waals surface area contributed by atoms with Crippen LogP contribution in [0.25, 0.3) is 0 Å². The Bertz CT molecular complexity index is 475. The lowest BCUT2D eigenvalue weighted by Crippen LogP contribution is -2.55. The van der Waals surface area contributed by atoms with Crippen molar-refractivity contribution in [1.82, 2.24) is 14.8 Å². The molecule has 1 aromatic rings. The predicted molar refractivity (Wildman–Crippen MR) is 69.4 cm³/mol. The fraction of sp³-hybridized carbons (Fsp3) is 0.545. The van der Waals surface area contributed by atoms with E-state index in [4.69, 9.17) is 11.6 Å². The molecule has 1 aliphatic heterocycles. The van der Waals surface area contributed by atoms with Crippen molar-refractivity contribution in [3.63, 3.8) is 0 Å². The van der Waals surface area contributed by atoms with Crippen LogP contribution in [0.2, 0.25) is 4.47 Å². The standard InChI is InChI=1S/C11H14ClN3O2S/c1-7(2)15-4-3-14(9(16)10(15)17)6-8-5-13-11(12)18-8/h5,7H,3-4,6H2,1-2H3. The lowest BCUT2D eigenvalue weighted by molar-refractivity contribution is -0.157. The first-order valence-corrected chi connectivity index (χ1v) is 6.88. The molecule has 5 nitrogen and oxygen atoms in total. The minimum atomic E-state index is -0.445. The molecule has 2 amide bonds. The van der Waals surface area contributed by atoms with Crippen LogP contribution in [0.3, 0.4) is 0 Å². The van der Waals surface area contributed by atoms with Crippen LogP contribution in [0.1, 0.15) is 18.7 Å².